The van der Waals surface area contributed by atoms with Gasteiger partial charge in [0, 0.05) is 37.3 Å². The van der Waals surface area contributed by atoms with Crippen LogP contribution in [-0.2, 0) is 9.59 Å². The maximum Gasteiger partial charge on any atom is 0.329 e. The second kappa shape index (κ2) is 7.56. The van der Waals surface area contributed by atoms with Crippen molar-refractivity contribution in [3.63, 3.8) is 0 Å². The molecular weight excluding hydrogens is 284 g/mol. The van der Waals surface area contributed by atoms with Crippen molar-refractivity contribution in [1.82, 2.24) is 10.3 Å². The van der Waals surface area contributed by atoms with Crippen LogP contribution < -0.4 is 15.5 Å². The number of amides is 2. The van der Waals surface area contributed by atoms with Crippen LogP contribution in [0.5, 0.6) is 5.75 Å². The number of methoxy groups -OCH3 is 1. The van der Waals surface area contributed by atoms with Gasteiger partial charge in [0.2, 0.25) is 0 Å². The summed E-state index contributed by atoms with van der Waals surface area (Å²) in [6.07, 6.45) is 1.60. The van der Waals surface area contributed by atoms with Crippen LogP contribution >= 0.6 is 0 Å². The number of anilines is 1. The topological polar surface area (TPSA) is 83.0 Å². The number of ether oxygens (including phenoxy) is 1. The van der Waals surface area contributed by atoms with Crippen LogP contribution in [0.1, 0.15) is 12.8 Å². The lowest BCUT2D eigenvalue weighted by molar-refractivity contribution is -0.136. The number of carbonyl (C=O) groups is 2. The zero-order valence-electron chi connectivity index (χ0n) is 12.8. The second-order valence-electron chi connectivity index (χ2n) is 5.10. The van der Waals surface area contributed by atoms with E-state index in [0.29, 0.717) is 11.4 Å². The molecule has 0 spiro atoms. The zero-order chi connectivity index (χ0) is 15.9. The molecule has 1 aromatic rings. The first-order chi connectivity index (χ1) is 10.6. The normalized spacial score (nSPS) is 15.1. The smallest absolute Gasteiger partial charge is 0.329 e. The number of likely N-dealkylation sites (tertiary alicyclic amines) is 1. The second-order valence-corrected chi connectivity index (χ2v) is 5.10. The van der Waals surface area contributed by atoms with E-state index >= 15 is 0 Å². The van der Waals surface area contributed by atoms with Gasteiger partial charge in [-0.3, -0.25) is 9.59 Å². The molecule has 0 bridgehead atoms. The summed E-state index contributed by atoms with van der Waals surface area (Å²) in [7, 11) is 3.60. The van der Waals surface area contributed by atoms with Crippen molar-refractivity contribution in [2.75, 3.05) is 32.6 Å². The van der Waals surface area contributed by atoms with Gasteiger partial charge in [0.05, 0.1) is 7.11 Å². The first-order valence-electron chi connectivity index (χ1n) is 7.08. The molecule has 0 unspecified atom stereocenters. The molecule has 1 heterocycles. The fourth-order valence-corrected chi connectivity index (χ4v) is 2.03. The van der Waals surface area contributed by atoms with Crippen LogP contribution in [-0.4, -0.2) is 49.7 Å². The maximum absolute atomic E-state index is 11.8. The van der Waals surface area contributed by atoms with E-state index < -0.39 is 11.8 Å². The summed E-state index contributed by atoms with van der Waals surface area (Å²) in [4.78, 5) is 25.7. The van der Waals surface area contributed by atoms with Gasteiger partial charge in [-0.25, -0.2) is 5.43 Å². The number of hydrogen-bond acceptors (Lipinski definition) is 5. The van der Waals surface area contributed by atoms with E-state index in [9.17, 15) is 9.59 Å². The van der Waals surface area contributed by atoms with Gasteiger partial charge >= 0.3 is 11.8 Å². The number of nitrogens with one attached hydrogen (secondary N) is 2. The van der Waals surface area contributed by atoms with Gasteiger partial charge in [0.25, 0.3) is 0 Å². The maximum atomic E-state index is 11.8. The lowest BCUT2D eigenvalue weighted by Gasteiger charge is -2.22. The van der Waals surface area contributed by atoms with Crippen LogP contribution in [0.2, 0.25) is 0 Å². The molecule has 1 aromatic carbocycles. The SMILES string of the molecule is COc1ccc(NC(=O)C(=O)NN=C2CCN(C)CC2)cc1. The summed E-state index contributed by atoms with van der Waals surface area (Å²) in [5, 5.41) is 6.52. The average Bonchev–Trinajstić information content (AvgIpc) is 2.54. The average molecular weight is 304 g/mol. The van der Waals surface area contributed by atoms with E-state index in [0.717, 1.165) is 31.6 Å². The largest absolute Gasteiger partial charge is 0.497 e. The highest BCUT2D eigenvalue weighted by Gasteiger charge is 2.15. The lowest BCUT2D eigenvalue weighted by atomic mass is 10.1. The molecule has 7 heteroatoms. The number of hydrazone groups is 1. The van der Waals surface area contributed by atoms with E-state index in [1.165, 1.54) is 0 Å². The molecule has 2 rings (SSSR count). The minimum atomic E-state index is -0.776. The number of rotatable bonds is 3. The lowest BCUT2D eigenvalue weighted by Crippen LogP contribution is -2.35. The van der Waals surface area contributed by atoms with Gasteiger partial charge in [-0.05, 0) is 31.3 Å². The molecule has 2 amide bonds. The predicted octanol–water partition coefficient (Wildman–Crippen LogP) is 0.831. The van der Waals surface area contributed by atoms with E-state index in [4.69, 9.17) is 4.74 Å². The molecule has 0 aliphatic carbocycles. The molecule has 22 heavy (non-hydrogen) atoms. The molecule has 1 aliphatic rings. The molecule has 1 fully saturated rings. The monoisotopic (exact) mass is 304 g/mol. The van der Waals surface area contributed by atoms with Crippen molar-refractivity contribution in [2.24, 2.45) is 5.10 Å². The molecule has 0 atom stereocenters. The van der Waals surface area contributed by atoms with Gasteiger partial charge < -0.3 is 15.0 Å². The van der Waals surface area contributed by atoms with Gasteiger partial charge in [-0.1, -0.05) is 0 Å². The summed E-state index contributed by atoms with van der Waals surface area (Å²) in [6, 6.07) is 6.72. The van der Waals surface area contributed by atoms with Crippen LogP contribution in [0.15, 0.2) is 29.4 Å². The minimum Gasteiger partial charge on any atom is -0.497 e. The van der Waals surface area contributed by atoms with Crippen LogP contribution in [0, 0.1) is 0 Å². The van der Waals surface area contributed by atoms with Crippen molar-refractivity contribution in [3.8, 4) is 5.75 Å². The minimum absolute atomic E-state index is 0.521. The van der Waals surface area contributed by atoms with Gasteiger partial charge in [0.15, 0.2) is 0 Å². The Labute approximate surface area is 129 Å². The molecule has 2 N–H and O–H groups in total. The highest BCUT2D eigenvalue weighted by molar-refractivity contribution is 6.39. The first kappa shape index (κ1) is 16.0. The summed E-state index contributed by atoms with van der Waals surface area (Å²) in [5.74, 6) is -0.846. The third kappa shape index (κ3) is 4.56. The Kier molecular flexibility index (Phi) is 5.48. The highest BCUT2D eigenvalue weighted by atomic mass is 16.5. The quantitative estimate of drug-likeness (QED) is 0.640. The van der Waals surface area contributed by atoms with Crippen LogP contribution in [0.3, 0.4) is 0 Å². The van der Waals surface area contributed by atoms with Crippen molar-refractivity contribution in [1.29, 1.82) is 0 Å². The number of nitrogens with zero attached hydrogens (tertiary/aromatic N) is 2. The van der Waals surface area contributed by atoms with Crippen LogP contribution in [0.4, 0.5) is 5.69 Å². The summed E-state index contributed by atoms with van der Waals surface area (Å²) in [5.41, 5.74) is 3.73. The standard InChI is InChI=1S/C15H20N4O3/c1-19-9-7-12(8-10-19)17-18-15(21)14(20)16-11-3-5-13(22-2)6-4-11/h3-6H,7-10H2,1-2H3,(H,16,20)(H,18,21). The zero-order valence-corrected chi connectivity index (χ0v) is 12.8. The Morgan fingerprint density at radius 2 is 1.77 bits per heavy atom. The van der Waals surface area contributed by atoms with Crippen molar-refractivity contribution in [2.45, 2.75) is 12.8 Å². The molecule has 0 radical (unpaired) electrons. The van der Waals surface area contributed by atoms with E-state index in [2.05, 4.69) is 20.7 Å². The summed E-state index contributed by atoms with van der Waals surface area (Å²) >= 11 is 0. The highest BCUT2D eigenvalue weighted by Crippen LogP contribution is 2.14. The molecular formula is C15H20N4O3. The molecule has 118 valence electrons. The molecule has 0 saturated carbocycles. The van der Waals surface area contributed by atoms with Gasteiger partial charge in [0.1, 0.15) is 5.75 Å². The number of hydrogen-bond donors (Lipinski definition) is 2. The van der Waals surface area contributed by atoms with Crippen molar-refractivity contribution < 1.29 is 14.3 Å². The fraction of sp³-hybridized carbons (Fsp3) is 0.400. The Hall–Kier alpha value is -2.41. The molecule has 7 nitrogen and oxygen atoms in total. The van der Waals surface area contributed by atoms with E-state index in [-0.39, 0.29) is 0 Å². The number of benzene rings is 1. The Balaban J connectivity index is 1.84. The Bertz CT molecular complexity index is 559. The number of piperidine rings is 1. The third-order valence-corrected chi connectivity index (χ3v) is 3.43. The van der Waals surface area contributed by atoms with Crippen molar-refractivity contribution in [3.05, 3.63) is 24.3 Å². The van der Waals surface area contributed by atoms with E-state index in [1.807, 2.05) is 7.05 Å². The summed E-state index contributed by atoms with van der Waals surface area (Å²) < 4.78 is 5.02. The Morgan fingerprint density at radius 3 is 2.36 bits per heavy atom. The molecule has 0 aromatic heterocycles. The Morgan fingerprint density at radius 1 is 1.14 bits per heavy atom. The molecule has 1 saturated heterocycles. The third-order valence-electron chi connectivity index (χ3n) is 3.43. The van der Waals surface area contributed by atoms with Gasteiger partial charge in [-0.2, -0.15) is 5.10 Å². The predicted molar refractivity (Wildman–Crippen MR) is 83.9 cm³/mol. The molecule has 1 aliphatic heterocycles. The van der Waals surface area contributed by atoms with Gasteiger partial charge in [-0.15, -0.1) is 0 Å². The van der Waals surface area contributed by atoms with Crippen LogP contribution in [0.25, 0.3) is 0 Å². The number of carbonyl (C=O) groups excluding carboxylic acids is 2. The van der Waals surface area contributed by atoms with Crippen molar-refractivity contribution >= 4 is 23.2 Å². The fourth-order valence-electron chi connectivity index (χ4n) is 2.03. The first-order valence-corrected chi connectivity index (χ1v) is 7.08. The summed E-state index contributed by atoms with van der Waals surface area (Å²) in [6.45, 7) is 1.82. The van der Waals surface area contributed by atoms with E-state index in [1.54, 1.807) is 31.4 Å².